The number of aromatic hydroxyl groups is 1. The molecule has 8 nitrogen and oxygen atoms in total. The molecular formula is C22H19ClN6O2. The number of imidazole rings is 1. The van der Waals surface area contributed by atoms with Gasteiger partial charge in [0.25, 0.3) is 0 Å². The van der Waals surface area contributed by atoms with Crippen LogP contribution in [0.25, 0.3) is 28.1 Å². The predicted molar refractivity (Wildman–Crippen MR) is 119 cm³/mol. The number of halogens is 1. The number of pyridine rings is 2. The molecule has 3 aromatic heterocycles. The van der Waals surface area contributed by atoms with Crippen LogP contribution in [0.3, 0.4) is 0 Å². The summed E-state index contributed by atoms with van der Waals surface area (Å²) in [5.41, 5.74) is 3.45. The Balaban J connectivity index is 0.00000231. The van der Waals surface area contributed by atoms with Gasteiger partial charge in [0.2, 0.25) is 0 Å². The van der Waals surface area contributed by atoms with Gasteiger partial charge in [-0.05, 0) is 55.4 Å². The van der Waals surface area contributed by atoms with Crippen molar-refractivity contribution in [1.29, 1.82) is 5.26 Å². The highest BCUT2D eigenvalue weighted by Gasteiger charge is 2.24. The summed E-state index contributed by atoms with van der Waals surface area (Å²) in [7, 11) is 0. The van der Waals surface area contributed by atoms with Gasteiger partial charge < -0.3 is 10.4 Å². The molecule has 0 bridgehead atoms. The fraction of sp³-hybridized carbons (Fsp3) is 0.182. The molecule has 156 valence electrons. The SMILES string of the molecule is Cl.N#Cc1cc(-c2ccc(-n3c(=O)n([C@H]4CCNC4)c4ncccc43)cn2)ccc1O. The van der Waals surface area contributed by atoms with E-state index in [0.717, 1.165) is 25.0 Å². The lowest BCUT2D eigenvalue weighted by atomic mass is 10.1. The van der Waals surface area contributed by atoms with E-state index in [4.69, 9.17) is 5.26 Å². The van der Waals surface area contributed by atoms with Crippen LogP contribution in [0.2, 0.25) is 0 Å². The molecule has 0 saturated carbocycles. The summed E-state index contributed by atoms with van der Waals surface area (Å²) in [5, 5.41) is 22.1. The van der Waals surface area contributed by atoms with Crippen LogP contribution in [-0.2, 0) is 0 Å². The molecule has 1 atom stereocenters. The van der Waals surface area contributed by atoms with Crippen LogP contribution in [0.1, 0.15) is 18.0 Å². The standard InChI is InChI=1S/C22H18N6O2.ClH/c23-11-15-10-14(3-6-20(15)29)18-5-4-16(13-26-18)27-19-2-1-8-25-21(19)28(22(27)30)17-7-9-24-12-17;/h1-6,8,10,13,17,24,29H,7,9,12H2;1H/t17-;/m0./s1. The van der Waals surface area contributed by atoms with E-state index < -0.39 is 0 Å². The maximum absolute atomic E-state index is 13.3. The van der Waals surface area contributed by atoms with Crippen molar-refractivity contribution in [3.05, 3.63) is 70.9 Å². The molecule has 1 aliphatic rings. The lowest BCUT2D eigenvalue weighted by Crippen LogP contribution is -2.28. The van der Waals surface area contributed by atoms with Gasteiger partial charge in [-0.25, -0.2) is 9.78 Å². The molecule has 0 spiro atoms. The van der Waals surface area contributed by atoms with E-state index in [0.29, 0.717) is 22.6 Å². The summed E-state index contributed by atoms with van der Waals surface area (Å²) in [6.45, 7) is 1.62. The third-order valence-electron chi connectivity index (χ3n) is 5.45. The van der Waals surface area contributed by atoms with Crippen LogP contribution in [0, 0.1) is 11.3 Å². The van der Waals surface area contributed by atoms with Gasteiger partial charge in [-0.1, -0.05) is 0 Å². The van der Waals surface area contributed by atoms with E-state index in [1.807, 2.05) is 24.3 Å². The second-order valence-corrected chi connectivity index (χ2v) is 7.23. The summed E-state index contributed by atoms with van der Waals surface area (Å²) >= 11 is 0. The Hall–Kier alpha value is -3.67. The lowest BCUT2D eigenvalue weighted by Gasteiger charge is -2.09. The van der Waals surface area contributed by atoms with Gasteiger partial charge in [-0.2, -0.15) is 5.26 Å². The Morgan fingerprint density at radius 2 is 2.06 bits per heavy atom. The van der Waals surface area contributed by atoms with Gasteiger partial charge in [0.05, 0.1) is 34.7 Å². The number of hydrogen-bond acceptors (Lipinski definition) is 6. The summed E-state index contributed by atoms with van der Waals surface area (Å²) in [6.07, 6.45) is 4.22. The average Bonchev–Trinajstić information content (AvgIpc) is 3.39. The number of nitrogens with zero attached hydrogens (tertiary/aromatic N) is 5. The first kappa shape index (κ1) is 20.6. The molecule has 1 saturated heterocycles. The highest BCUT2D eigenvalue weighted by molar-refractivity contribution is 5.85. The quantitative estimate of drug-likeness (QED) is 0.513. The molecule has 2 N–H and O–H groups in total. The number of nitrogens with one attached hydrogen (secondary N) is 1. The van der Waals surface area contributed by atoms with Crippen molar-refractivity contribution in [3.63, 3.8) is 0 Å². The molecule has 31 heavy (non-hydrogen) atoms. The molecule has 4 aromatic rings. The van der Waals surface area contributed by atoms with Gasteiger partial charge >= 0.3 is 5.69 Å². The van der Waals surface area contributed by atoms with Gasteiger partial charge in [0, 0.05) is 18.3 Å². The maximum Gasteiger partial charge on any atom is 0.335 e. The van der Waals surface area contributed by atoms with E-state index in [1.165, 1.54) is 6.07 Å². The number of benzene rings is 1. The van der Waals surface area contributed by atoms with E-state index in [2.05, 4.69) is 15.3 Å². The molecule has 0 aliphatic carbocycles. The Kier molecular flexibility index (Phi) is 5.46. The maximum atomic E-state index is 13.3. The minimum Gasteiger partial charge on any atom is -0.507 e. The summed E-state index contributed by atoms with van der Waals surface area (Å²) in [4.78, 5) is 22.3. The van der Waals surface area contributed by atoms with Crippen molar-refractivity contribution < 1.29 is 5.11 Å². The minimum atomic E-state index is -0.136. The molecule has 4 heterocycles. The van der Waals surface area contributed by atoms with Gasteiger partial charge in [0.15, 0.2) is 5.65 Å². The molecule has 0 amide bonds. The number of aromatic nitrogens is 4. The second kappa shape index (κ2) is 8.22. The Morgan fingerprint density at radius 1 is 1.19 bits per heavy atom. The molecule has 9 heteroatoms. The van der Waals surface area contributed by atoms with Crippen molar-refractivity contribution in [2.75, 3.05) is 13.1 Å². The first-order valence-corrected chi connectivity index (χ1v) is 9.66. The number of rotatable bonds is 3. The van der Waals surface area contributed by atoms with Crippen LogP contribution < -0.4 is 11.0 Å². The first-order chi connectivity index (χ1) is 14.7. The van der Waals surface area contributed by atoms with Crippen molar-refractivity contribution in [3.8, 4) is 28.8 Å². The third kappa shape index (κ3) is 3.44. The van der Waals surface area contributed by atoms with Crippen LogP contribution in [-0.4, -0.2) is 37.3 Å². The summed E-state index contributed by atoms with van der Waals surface area (Å²) < 4.78 is 3.40. The molecular weight excluding hydrogens is 416 g/mol. The monoisotopic (exact) mass is 434 g/mol. The fourth-order valence-electron chi connectivity index (χ4n) is 3.96. The zero-order valence-corrected chi connectivity index (χ0v) is 17.2. The van der Waals surface area contributed by atoms with Crippen LogP contribution >= 0.6 is 12.4 Å². The average molecular weight is 435 g/mol. The van der Waals surface area contributed by atoms with Crippen molar-refractivity contribution in [2.45, 2.75) is 12.5 Å². The van der Waals surface area contributed by atoms with E-state index in [9.17, 15) is 9.90 Å². The highest BCUT2D eigenvalue weighted by Crippen LogP contribution is 2.26. The van der Waals surface area contributed by atoms with Crippen molar-refractivity contribution in [2.24, 2.45) is 0 Å². The topological polar surface area (TPSA) is 109 Å². The Labute approximate surface area is 183 Å². The van der Waals surface area contributed by atoms with Crippen LogP contribution in [0.4, 0.5) is 0 Å². The lowest BCUT2D eigenvalue weighted by molar-refractivity contribution is 0.473. The van der Waals surface area contributed by atoms with Crippen LogP contribution in [0.15, 0.2) is 59.7 Å². The summed E-state index contributed by atoms with van der Waals surface area (Å²) in [5.74, 6) is -0.0638. The Morgan fingerprint density at radius 3 is 2.77 bits per heavy atom. The van der Waals surface area contributed by atoms with E-state index >= 15 is 0 Å². The molecule has 0 unspecified atom stereocenters. The number of nitriles is 1. The zero-order valence-electron chi connectivity index (χ0n) is 16.4. The van der Waals surface area contributed by atoms with Crippen LogP contribution in [0.5, 0.6) is 5.75 Å². The van der Waals surface area contributed by atoms with Crippen molar-refractivity contribution in [1.82, 2.24) is 24.4 Å². The van der Waals surface area contributed by atoms with Gasteiger partial charge in [0.1, 0.15) is 11.8 Å². The number of phenolic OH excluding ortho intramolecular Hbond substituents is 1. The third-order valence-corrected chi connectivity index (χ3v) is 5.45. The van der Waals surface area contributed by atoms with E-state index in [1.54, 1.807) is 39.7 Å². The normalized spacial score (nSPS) is 15.5. The number of phenols is 1. The van der Waals surface area contributed by atoms with Gasteiger partial charge in [-0.3, -0.25) is 14.1 Å². The summed E-state index contributed by atoms with van der Waals surface area (Å²) in [6, 6.07) is 14.1. The smallest absolute Gasteiger partial charge is 0.335 e. The highest BCUT2D eigenvalue weighted by atomic mass is 35.5. The predicted octanol–water partition coefficient (Wildman–Crippen LogP) is 2.78. The van der Waals surface area contributed by atoms with E-state index in [-0.39, 0.29) is 35.5 Å². The van der Waals surface area contributed by atoms with Gasteiger partial charge in [-0.15, -0.1) is 12.4 Å². The zero-order chi connectivity index (χ0) is 20.7. The molecule has 1 fully saturated rings. The number of fused-ring (bicyclic) bond motifs is 1. The first-order valence-electron chi connectivity index (χ1n) is 9.66. The number of hydrogen-bond donors (Lipinski definition) is 2. The molecule has 5 rings (SSSR count). The minimum absolute atomic E-state index is 0. The fourth-order valence-corrected chi connectivity index (χ4v) is 3.96. The molecule has 1 aromatic carbocycles. The Bertz CT molecular complexity index is 1350. The second-order valence-electron chi connectivity index (χ2n) is 7.23. The largest absolute Gasteiger partial charge is 0.507 e. The van der Waals surface area contributed by atoms with Crippen molar-refractivity contribution >= 4 is 23.6 Å². The molecule has 0 radical (unpaired) electrons. The molecule has 1 aliphatic heterocycles.